The minimum absolute atomic E-state index is 0.164. The molecule has 0 fully saturated rings. The SMILES string of the molecule is CSCc1nnc(SCC(=O)Nc2cccc(C#N)c2)o1. The summed E-state index contributed by atoms with van der Waals surface area (Å²) < 4.78 is 5.36. The van der Waals surface area contributed by atoms with Gasteiger partial charge in [-0.3, -0.25) is 4.79 Å². The molecule has 1 N–H and O–H groups in total. The van der Waals surface area contributed by atoms with Crippen molar-refractivity contribution in [1.82, 2.24) is 10.2 Å². The van der Waals surface area contributed by atoms with Crippen molar-refractivity contribution in [2.45, 2.75) is 11.0 Å². The van der Waals surface area contributed by atoms with Gasteiger partial charge in [-0.25, -0.2) is 0 Å². The zero-order valence-electron chi connectivity index (χ0n) is 11.2. The third-order valence-electron chi connectivity index (χ3n) is 2.32. The van der Waals surface area contributed by atoms with Gasteiger partial charge in [0.1, 0.15) is 0 Å². The Morgan fingerprint density at radius 3 is 3.10 bits per heavy atom. The van der Waals surface area contributed by atoms with Crippen LogP contribution in [0.5, 0.6) is 0 Å². The summed E-state index contributed by atoms with van der Waals surface area (Å²) in [5, 5.41) is 19.6. The summed E-state index contributed by atoms with van der Waals surface area (Å²) in [5.74, 6) is 1.17. The van der Waals surface area contributed by atoms with Crippen molar-refractivity contribution in [2.24, 2.45) is 0 Å². The summed E-state index contributed by atoms with van der Waals surface area (Å²) in [5.41, 5.74) is 1.09. The summed E-state index contributed by atoms with van der Waals surface area (Å²) >= 11 is 2.76. The molecule has 0 bridgehead atoms. The van der Waals surface area contributed by atoms with Crippen LogP contribution in [0.3, 0.4) is 0 Å². The number of hydrogen-bond acceptors (Lipinski definition) is 7. The van der Waals surface area contributed by atoms with E-state index in [0.717, 1.165) is 0 Å². The van der Waals surface area contributed by atoms with Gasteiger partial charge in [-0.1, -0.05) is 17.8 Å². The van der Waals surface area contributed by atoms with Crippen molar-refractivity contribution >= 4 is 35.1 Å². The fourth-order valence-corrected chi connectivity index (χ4v) is 2.41. The maximum absolute atomic E-state index is 11.8. The normalized spacial score (nSPS) is 10.1. The van der Waals surface area contributed by atoms with E-state index in [1.165, 1.54) is 11.8 Å². The zero-order chi connectivity index (χ0) is 15.1. The van der Waals surface area contributed by atoms with Crippen LogP contribution >= 0.6 is 23.5 Å². The molecular formula is C13H12N4O2S2. The first-order valence-corrected chi connectivity index (χ1v) is 8.33. The van der Waals surface area contributed by atoms with Crippen LogP contribution in [0.15, 0.2) is 33.9 Å². The van der Waals surface area contributed by atoms with E-state index in [-0.39, 0.29) is 11.7 Å². The first kappa shape index (κ1) is 15.4. The first-order chi connectivity index (χ1) is 10.2. The van der Waals surface area contributed by atoms with E-state index in [4.69, 9.17) is 9.68 Å². The van der Waals surface area contributed by atoms with Crippen molar-refractivity contribution in [3.05, 3.63) is 35.7 Å². The summed E-state index contributed by atoms with van der Waals surface area (Å²) in [4.78, 5) is 11.8. The van der Waals surface area contributed by atoms with Gasteiger partial charge in [0.15, 0.2) is 0 Å². The Morgan fingerprint density at radius 2 is 2.33 bits per heavy atom. The van der Waals surface area contributed by atoms with Crippen LogP contribution in [0.1, 0.15) is 11.5 Å². The summed E-state index contributed by atoms with van der Waals surface area (Å²) in [6, 6.07) is 8.76. The Balaban J connectivity index is 1.85. The van der Waals surface area contributed by atoms with Crippen molar-refractivity contribution in [2.75, 3.05) is 17.3 Å². The highest BCUT2D eigenvalue weighted by Crippen LogP contribution is 2.18. The molecule has 0 aliphatic heterocycles. The summed E-state index contributed by atoms with van der Waals surface area (Å²) in [6.45, 7) is 0. The van der Waals surface area contributed by atoms with Gasteiger partial charge in [0.2, 0.25) is 11.8 Å². The van der Waals surface area contributed by atoms with Crippen molar-refractivity contribution in [3.8, 4) is 6.07 Å². The van der Waals surface area contributed by atoms with Crippen LogP contribution in [0.4, 0.5) is 5.69 Å². The second-order valence-electron chi connectivity index (χ2n) is 3.92. The molecule has 0 unspecified atom stereocenters. The molecule has 2 aromatic rings. The number of thioether (sulfide) groups is 2. The van der Waals surface area contributed by atoms with Gasteiger partial charge < -0.3 is 9.73 Å². The van der Waals surface area contributed by atoms with Crippen LogP contribution < -0.4 is 5.32 Å². The predicted octanol–water partition coefficient (Wildman–Crippen LogP) is 2.54. The van der Waals surface area contributed by atoms with Gasteiger partial charge in [0, 0.05) is 5.69 Å². The topological polar surface area (TPSA) is 91.8 Å². The lowest BCUT2D eigenvalue weighted by molar-refractivity contribution is -0.113. The number of anilines is 1. The third kappa shape index (κ3) is 4.81. The van der Waals surface area contributed by atoms with Crippen LogP contribution in [-0.4, -0.2) is 28.1 Å². The molecule has 0 aliphatic rings. The number of benzene rings is 1. The molecule has 0 saturated heterocycles. The Hall–Kier alpha value is -1.98. The average molecular weight is 320 g/mol. The third-order valence-corrected chi connectivity index (χ3v) is 3.67. The summed E-state index contributed by atoms with van der Waals surface area (Å²) in [6.07, 6.45) is 1.94. The minimum atomic E-state index is -0.195. The standard InChI is InChI=1S/C13H12N4O2S2/c1-20-8-12-16-17-13(19-12)21-7-11(18)15-10-4-2-3-9(5-10)6-14/h2-5H,7-8H2,1H3,(H,15,18). The molecule has 0 spiro atoms. The number of rotatable bonds is 6. The molecule has 0 aliphatic carbocycles. The maximum Gasteiger partial charge on any atom is 0.277 e. The molecule has 0 saturated carbocycles. The fourth-order valence-electron chi connectivity index (χ4n) is 1.47. The highest BCUT2D eigenvalue weighted by atomic mass is 32.2. The van der Waals surface area contributed by atoms with E-state index >= 15 is 0 Å². The fraction of sp³-hybridized carbons (Fsp3) is 0.231. The van der Waals surface area contributed by atoms with E-state index < -0.39 is 0 Å². The molecule has 2 rings (SSSR count). The molecule has 108 valence electrons. The van der Waals surface area contributed by atoms with E-state index in [1.54, 1.807) is 36.0 Å². The number of amides is 1. The molecule has 0 atom stereocenters. The molecule has 8 heteroatoms. The first-order valence-electron chi connectivity index (χ1n) is 5.95. The van der Waals surface area contributed by atoms with Crippen LogP contribution in [0, 0.1) is 11.3 Å². The van der Waals surface area contributed by atoms with Crippen molar-refractivity contribution in [3.63, 3.8) is 0 Å². The lowest BCUT2D eigenvalue weighted by Gasteiger charge is -2.03. The lowest BCUT2D eigenvalue weighted by Crippen LogP contribution is -2.14. The molecule has 1 heterocycles. The molecule has 1 aromatic heterocycles. The van der Waals surface area contributed by atoms with Gasteiger partial charge in [-0.05, 0) is 24.5 Å². The zero-order valence-corrected chi connectivity index (χ0v) is 12.8. The number of nitriles is 1. The van der Waals surface area contributed by atoms with Gasteiger partial charge >= 0.3 is 0 Å². The van der Waals surface area contributed by atoms with E-state index in [1.807, 2.05) is 12.3 Å². The van der Waals surface area contributed by atoms with Crippen LogP contribution in [-0.2, 0) is 10.5 Å². The molecule has 21 heavy (non-hydrogen) atoms. The molecular weight excluding hydrogens is 308 g/mol. The van der Waals surface area contributed by atoms with Gasteiger partial charge in [0.25, 0.3) is 5.22 Å². The Morgan fingerprint density at radius 1 is 1.48 bits per heavy atom. The number of nitrogens with zero attached hydrogens (tertiary/aromatic N) is 3. The Labute approximate surface area is 130 Å². The number of carbonyl (C=O) groups is 1. The number of aromatic nitrogens is 2. The quantitative estimate of drug-likeness (QED) is 0.818. The number of nitrogens with one attached hydrogen (secondary N) is 1. The van der Waals surface area contributed by atoms with E-state index in [0.29, 0.717) is 28.1 Å². The highest BCUT2D eigenvalue weighted by Gasteiger charge is 2.09. The molecule has 0 radical (unpaired) electrons. The smallest absolute Gasteiger partial charge is 0.277 e. The van der Waals surface area contributed by atoms with Crippen molar-refractivity contribution < 1.29 is 9.21 Å². The van der Waals surface area contributed by atoms with Gasteiger partial charge in [-0.2, -0.15) is 17.0 Å². The second kappa shape index (κ2) is 7.71. The predicted molar refractivity (Wildman–Crippen MR) is 82.0 cm³/mol. The molecule has 1 amide bonds. The van der Waals surface area contributed by atoms with Crippen molar-refractivity contribution in [1.29, 1.82) is 5.26 Å². The average Bonchev–Trinajstić information content (AvgIpc) is 2.93. The Bertz CT molecular complexity index is 666. The Kier molecular flexibility index (Phi) is 5.66. The van der Waals surface area contributed by atoms with Crippen LogP contribution in [0.25, 0.3) is 0 Å². The number of hydrogen-bond donors (Lipinski definition) is 1. The number of carbonyl (C=O) groups excluding carboxylic acids is 1. The largest absolute Gasteiger partial charge is 0.415 e. The van der Waals surface area contributed by atoms with E-state index in [9.17, 15) is 4.79 Å². The maximum atomic E-state index is 11.8. The molecule has 1 aromatic carbocycles. The van der Waals surface area contributed by atoms with Gasteiger partial charge in [0.05, 0.1) is 23.1 Å². The molecule has 6 nitrogen and oxygen atoms in total. The van der Waals surface area contributed by atoms with Crippen LogP contribution in [0.2, 0.25) is 0 Å². The highest BCUT2D eigenvalue weighted by molar-refractivity contribution is 7.99. The lowest BCUT2D eigenvalue weighted by atomic mass is 10.2. The monoisotopic (exact) mass is 320 g/mol. The van der Waals surface area contributed by atoms with E-state index in [2.05, 4.69) is 15.5 Å². The van der Waals surface area contributed by atoms with Gasteiger partial charge in [-0.15, -0.1) is 10.2 Å². The summed E-state index contributed by atoms with van der Waals surface area (Å²) in [7, 11) is 0. The second-order valence-corrected chi connectivity index (χ2v) is 5.72. The minimum Gasteiger partial charge on any atom is -0.415 e.